The van der Waals surface area contributed by atoms with Gasteiger partial charge in [0.25, 0.3) is 5.89 Å². The highest BCUT2D eigenvalue weighted by molar-refractivity contribution is 9.10. The molecule has 2 aromatic rings. The average molecular weight is 297 g/mol. The number of aryl methyl sites for hydroxylation is 1. The van der Waals surface area contributed by atoms with Crippen molar-refractivity contribution in [1.82, 2.24) is 10.1 Å². The Balaban J connectivity index is 2.37. The van der Waals surface area contributed by atoms with Crippen LogP contribution in [0.25, 0.3) is 11.5 Å². The average Bonchev–Trinajstić information content (AvgIpc) is 2.77. The lowest BCUT2D eigenvalue weighted by Gasteiger charge is -2.01. The first kappa shape index (κ1) is 12.3. The molecule has 1 N–H and O–H groups in total. The lowest BCUT2D eigenvalue weighted by molar-refractivity contribution is 0.159. The van der Waals surface area contributed by atoms with Gasteiger partial charge in [0.2, 0.25) is 5.82 Å². The summed E-state index contributed by atoms with van der Waals surface area (Å²) in [7, 11) is 0. The minimum Gasteiger partial charge on any atom is -0.385 e. The molecule has 1 unspecified atom stereocenters. The maximum absolute atomic E-state index is 9.61. The molecule has 5 heteroatoms. The zero-order valence-corrected chi connectivity index (χ0v) is 11.2. The number of halogens is 1. The summed E-state index contributed by atoms with van der Waals surface area (Å²) in [5.41, 5.74) is 1.93. The summed E-state index contributed by atoms with van der Waals surface area (Å²) in [6, 6.07) is 5.81. The van der Waals surface area contributed by atoms with Gasteiger partial charge >= 0.3 is 0 Å². The highest BCUT2D eigenvalue weighted by atomic mass is 79.9. The van der Waals surface area contributed by atoms with Crippen molar-refractivity contribution < 1.29 is 9.63 Å². The van der Waals surface area contributed by atoms with Crippen LogP contribution in [0.2, 0.25) is 0 Å². The number of aromatic nitrogens is 2. The van der Waals surface area contributed by atoms with E-state index < -0.39 is 6.10 Å². The number of aliphatic hydroxyl groups is 1. The molecule has 0 aliphatic heterocycles. The number of aliphatic hydroxyl groups excluding tert-OH is 1. The van der Waals surface area contributed by atoms with Gasteiger partial charge in [-0.25, -0.2) is 0 Å². The molecule has 0 fully saturated rings. The summed E-state index contributed by atoms with van der Waals surface area (Å²) in [6.45, 7) is 3.84. The summed E-state index contributed by atoms with van der Waals surface area (Å²) in [6.07, 6.45) is -0.0959. The van der Waals surface area contributed by atoms with E-state index >= 15 is 0 Å². The molecular weight excluding hydrogens is 284 g/mol. The monoisotopic (exact) mass is 296 g/mol. The van der Waals surface area contributed by atoms with Gasteiger partial charge in [-0.2, -0.15) is 4.98 Å². The fourth-order valence-electron chi connectivity index (χ4n) is 1.53. The van der Waals surface area contributed by atoms with Crippen LogP contribution in [0.15, 0.2) is 27.2 Å². The highest BCUT2D eigenvalue weighted by Gasteiger charge is 2.15. The molecule has 1 atom stereocenters. The molecule has 4 nitrogen and oxygen atoms in total. The molecule has 2 rings (SSSR count). The van der Waals surface area contributed by atoms with Gasteiger partial charge in [0.05, 0.1) is 0 Å². The van der Waals surface area contributed by atoms with Crippen LogP contribution in [0.5, 0.6) is 0 Å². The van der Waals surface area contributed by atoms with Crippen LogP contribution in [0, 0.1) is 6.92 Å². The lowest BCUT2D eigenvalue weighted by Crippen LogP contribution is -1.97. The first-order chi connectivity index (χ1) is 8.11. The van der Waals surface area contributed by atoms with Crippen molar-refractivity contribution in [3.8, 4) is 11.5 Å². The fraction of sp³-hybridized carbons (Fsp3) is 0.333. The highest BCUT2D eigenvalue weighted by Crippen LogP contribution is 2.26. The third-order valence-electron chi connectivity index (χ3n) is 2.55. The summed E-state index contributed by atoms with van der Waals surface area (Å²) in [5, 5.41) is 13.4. The van der Waals surface area contributed by atoms with Gasteiger partial charge in [0.1, 0.15) is 6.10 Å². The fourth-order valence-corrected chi connectivity index (χ4v) is 2.00. The number of hydrogen-bond donors (Lipinski definition) is 1. The van der Waals surface area contributed by atoms with Crippen LogP contribution in [0.1, 0.15) is 30.8 Å². The van der Waals surface area contributed by atoms with Crippen LogP contribution < -0.4 is 0 Å². The molecule has 0 spiro atoms. The SMILES string of the molecule is CCC(O)c1noc(-c2ccc(Br)cc2C)n1. The van der Waals surface area contributed by atoms with Crippen molar-refractivity contribution in [1.29, 1.82) is 0 Å². The van der Waals surface area contributed by atoms with Crippen molar-refractivity contribution in [2.45, 2.75) is 26.4 Å². The second-order valence-electron chi connectivity index (χ2n) is 3.84. The van der Waals surface area contributed by atoms with Gasteiger partial charge in [0, 0.05) is 10.0 Å². The molecular formula is C12H13BrN2O2. The second-order valence-corrected chi connectivity index (χ2v) is 4.76. The Morgan fingerprint density at radius 1 is 1.47 bits per heavy atom. The molecule has 17 heavy (non-hydrogen) atoms. The quantitative estimate of drug-likeness (QED) is 0.944. The van der Waals surface area contributed by atoms with Crippen molar-refractivity contribution in [3.63, 3.8) is 0 Å². The maximum atomic E-state index is 9.61. The second kappa shape index (κ2) is 4.98. The van der Waals surface area contributed by atoms with E-state index in [1.165, 1.54) is 0 Å². The van der Waals surface area contributed by atoms with E-state index in [1.54, 1.807) is 0 Å². The molecule has 0 aliphatic carbocycles. The van der Waals surface area contributed by atoms with Crippen molar-refractivity contribution in [3.05, 3.63) is 34.1 Å². The molecule has 1 aromatic carbocycles. The van der Waals surface area contributed by atoms with E-state index in [1.807, 2.05) is 32.0 Å². The number of hydrogen-bond acceptors (Lipinski definition) is 4. The largest absolute Gasteiger partial charge is 0.385 e. The zero-order chi connectivity index (χ0) is 12.4. The van der Waals surface area contributed by atoms with E-state index in [0.29, 0.717) is 18.1 Å². The number of rotatable bonds is 3. The maximum Gasteiger partial charge on any atom is 0.258 e. The number of nitrogens with zero attached hydrogens (tertiary/aromatic N) is 2. The van der Waals surface area contributed by atoms with Crippen LogP contribution in [-0.2, 0) is 0 Å². The van der Waals surface area contributed by atoms with Gasteiger partial charge < -0.3 is 9.63 Å². The van der Waals surface area contributed by atoms with Crippen LogP contribution in [0.3, 0.4) is 0 Å². The molecule has 90 valence electrons. The Labute approximate surface area is 108 Å². The van der Waals surface area contributed by atoms with E-state index in [0.717, 1.165) is 15.6 Å². The Hall–Kier alpha value is -1.20. The van der Waals surface area contributed by atoms with Crippen molar-refractivity contribution >= 4 is 15.9 Å². The Morgan fingerprint density at radius 3 is 2.88 bits per heavy atom. The minimum atomic E-state index is -0.664. The van der Waals surface area contributed by atoms with Gasteiger partial charge in [-0.15, -0.1) is 0 Å². The van der Waals surface area contributed by atoms with Gasteiger partial charge in [0.15, 0.2) is 0 Å². The zero-order valence-electron chi connectivity index (χ0n) is 9.64. The van der Waals surface area contributed by atoms with Gasteiger partial charge in [-0.1, -0.05) is 28.0 Å². The van der Waals surface area contributed by atoms with E-state index in [9.17, 15) is 5.11 Å². The summed E-state index contributed by atoms with van der Waals surface area (Å²) in [5.74, 6) is 0.780. The Bertz CT molecular complexity index is 525. The summed E-state index contributed by atoms with van der Waals surface area (Å²) >= 11 is 3.40. The number of benzene rings is 1. The molecule has 0 saturated carbocycles. The molecule has 0 radical (unpaired) electrons. The molecule has 0 saturated heterocycles. The molecule has 0 amide bonds. The summed E-state index contributed by atoms with van der Waals surface area (Å²) in [4.78, 5) is 4.20. The first-order valence-electron chi connectivity index (χ1n) is 5.40. The van der Waals surface area contributed by atoms with Crippen LogP contribution in [0.4, 0.5) is 0 Å². The van der Waals surface area contributed by atoms with E-state index in [4.69, 9.17) is 4.52 Å². The molecule has 0 aliphatic rings. The lowest BCUT2D eigenvalue weighted by atomic mass is 10.1. The molecule has 1 aromatic heterocycles. The minimum absolute atomic E-state index is 0.338. The topological polar surface area (TPSA) is 59.2 Å². The third kappa shape index (κ3) is 2.56. The Morgan fingerprint density at radius 2 is 2.24 bits per heavy atom. The van der Waals surface area contributed by atoms with Gasteiger partial charge in [-0.05, 0) is 37.1 Å². The normalized spacial score (nSPS) is 12.7. The predicted octanol–water partition coefficient (Wildman–Crippen LogP) is 3.25. The summed E-state index contributed by atoms with van der Waals surface area (Å²) < 4.78 is 6.16. The van der Waals surface area contributed by atoms with Crippen molar-refractivity contribution in [2.75, 3.05) is 0 Å². The van der Waals surface area contributed by atoms with Crippen molar-refractivity contribution in [2.24, 2.45) is 0 Å². The van der Waals surface area contributed by atoms with Crippen LogP contribution >= 0.6 is 15.9 Å². The Kier molecular flexibility index (Phi) is 3.59. The van der Waals surface area contributed by atoms with E-state index in [-0.39, 0.29) is 0 Å². The smallest absolute Gasteiger partial charge is 0.258 e. The first-order valence-corrected chi connectivity index (χ1v) is 6.19. The third-order valence-corrected chi connectivity index (χ3v) is 3.04. The standard InChI is InChI=1S/C12H13BrN2O2/c1-3-10(16)11-14-12(17-15-11)9-5-4-8(13)6-7(9)2/h4-6,10,16H,3H2,1-2H3. The van der Waals surface area contributed by atoms with Crippen LogP contribution in [-0.4, -0.2) is 15.2 Å². The van der Waals surface area contributed by atoms with E-state index in [2.05, 4.69) is 26.1 Å². The van der Waals surface area contributed by atoms with Gasteiger partial charge in [-0.3, -0.25) is 0 Å². The molecule has 1 heterocycles. The predicted molar refractivity (Wildman–Crippen MR) is 67.4 cm³/mol. The molecule has 0 bridgehead atoms.